The lowest BCUT2D eigenvalue weighted by Crippen LogP contribution is -2.14. The van der Waals surface area contributed by atoms with Crippen LogP contribution < -0.4 is 5.73 Å². The predicted molar refractivity (Wildman–Crippen MR) is 110 cm³/mol. The van der Waals surface area contributed by atoms with Gasteiger partial charge >= 0.3 is 0 Å². The lowest BCUT2D eigenvalue weighted by molar-refractivity contribution is 0.687. The molecule has 142 valence electrons. The Morgan fingerprint density at radius 3 is 2.66 bits per heavy atom. The number of rotatable bonds is 5. The normalized spacial score (nSPS) is 12.3. The van der Waals surface area contributed by atoms with Crippen LogP contribution >= 0.6 is 0 Å². The molecule has 7 heteroatoms. The predicted octanol–water partition coefficient (Wildman–Crippen LogP) is 3.08. The first-order valence-corrected chi connectivity index (χ1v) is 9.34. The Balaban J connectivity index is 1.48. The molecule has 0 fully saturated rings. The van der Waals surface area contributed by atoms with Gasteiger partial charge in [0.25, 0.3) is 0 Å². The highest BCUT2D eigenvalue weighted by Crippen LogP contribution is 2.25. The zero-order valence-electron chi connectivity index (χ0n) is 15.6. The third kappa shape index (κ3) is 3.39. The number of nitrogens with zero attached hydrogens (tertiary/aromatic N) is 6. The maximum Gasteiger partial charge on any atom is 0.163 e. The molecule has 1 aromatic carbocycles. The summed E-state index contributed by atoms with van der Waals surface area (Å²) in [6.07, 6.45) is 11.0. The molecule has 0 radical (unpaired) electrons. The zero-order chi connectivity index (χ0) is 19.6. The second-order valence-electron chi connectivity index (χ2n) is 6.86. The summed E-state index contributed by atoms with van der Waals surface area (Å²) in [7, 11) is 0. The first-order chi connectivity index (χ1) is 14.3. The summed E-state index contributed by atoms with van der Waals surface area (Å²) < 4.78 is 3.67. The van der Waals surface area contributed by atoms with E-state index in [2.05, 4.69) is 27.3 Å². The summed E-state index contributed by atoms with van der Waals surface area (Å²) in [4.78, 5) is 8.94. The number of fused-ring (bicyclic) bond motifs is 1. The van der Waals surface area contributed by atoms with Crippen molar-refractivity contribution in [2.24, 2.45) is 5.73 Å². The van der Waals surface area contributed by atoms with Crippen molar-refractivity contribution in [1.29, 1.82) is 0 Å². The monoisotopic (exact) mass is 381 g/mol. The molecule has 5 rings (SSSR count). The van der Waals surface area contributed by atoms with Gasteiger partial charge in [0, 0.05) is 35.9 Å². The highest BCUT2D eigenvalue weighted by molar-refractivity contribution is 5.76. The van der Waals surface area contributed by atoms with Gasteiger partial charge in [-0.2, -0.15) is 10.2 Å². The topological polar surface area (TPSA) is 86.9 Å². The van der Waals surface area contributed by atoms with Gasteiger partial charge in [0.2, 0.25) is 0 Å². The van der Waals surface area contributed by atoms with Gasteiger partial charge in [-0.25, -0.2) is 9.50 Å². The van der Waals surface area contributed by atoms with Crippen LogP contribution in [0.25, 0.3) is 16.8 Å². The van der Waals surface area contributed by atoms with Gasteiger partial charge in [0.05, 0.1) is 30.7 Å². The maximum absolute atomic E-state index is 6.41. The number of nitrogens with two attached hydrogens (primary N) is 1. The van der Waals surface area contributed by atoms with Crippen LogP contribution in [0.15, 0.2) is 85.7 Å². The molecular weight excluding hydrogens is 362 g/mol. The third-order valence-corrected chi connectivity index (χ3v) is 4.88. The fourth-order valence-corrected chi connectivity index (χ4v) is 3.35. The Morgan fingerprint density at radius 2 is 1.83 bits per heavy atom. The van der Waals surface area contributed by atoms with E-state index in [4.69, 9.17) is 10.7 Å². The van der Waals surface area contributed by atoms with Gasteiger partial charge in [-0.15, -0.1) is 0 Å². The minimum atomic E-state index is -0.350. The van der Waals surface area contributed by atoms with Crippen LogP contribution in [0.5, 0.6) is 0 Å². The van der Waals surface area contributed by atoms with Crippen molar-refractivity contribution in [2.75, 3.05) is 0 Å². The standard InChI is InChI=1S/C22H19N7/c23-21(17-7-4-9-24-11-17)20-8-10-29-22(27-20)19(13-26-29)18-12-25-28(15-18)14-16-5-2-1-3-6-16/h1-13,15,21H,14,23H2. The Hall–Kier alpha value is -3.84. The highest BCUT2D eigenvalue weighted by Gasteiger charge is 2.15. The van der Waals surface area contributed by atoms with Crippen molar-refractivity contribution >= 4 is 5.65 Å². The van der Waals surface area contributed by atoms with Gasteiger partial charge in [-0.3, -0.25) is 9.67 Å². The third-order valence-electron chi connectivity index (χ3n) is 4.88. The van der Waals surface area contributed by atoms with E-state index in [9.17, 15) is 0 Å². The van der Waals surface area contributed by atoms with E-state index in [0.29, 0.717) is 6.54 Å². The van der Waals surface area contributed by atoms with Crippen molar-refractivity contribution in [2.45, 2.75) is 12.6 Å². The summed E-state index contributed by atoms with van der Waals surface area (Å²) in [5.74, 6) is 0. The van der Waals surface area contributed by atoms with Crippen LogP contribution in [0.2, 0.25) is 0 Å². The minimum absolute atomic E-state index is 0.350. The molecule has 5 aromatic rings. The molecule has 2 N–H and O–H groups in total. The molecule has 1 atom stereocenters. The van der Waals surface area contributed by atoms with E-state index in [-0.39, 0.29) is 6.04 Å². The van der Waals surface area contributed by atoms with E-state index in [0.717, 1.165) is 28.0 Å². The zero-order valence-corrected chi connectivity index (χ0v) is 15.6. The van der Waals surface area contributed by atoms with Crippen LogP contribution in [0.1, 0.15) is 22.9 Å². The van der Waals surface area contributed by atoms with E-state index >= 15 is 0 Å². The molecular formula is C22H19N7. The minimum Gasteiger partial charge on any atom is -0.319 e. The Labute approximate surface area is 167 Å². The molecule has 0 saturated heterocycles. The van der Waals surface area contributed by atoms with Gasteiger partial charge in [-0.05, 0) is 23.3 Å². The van der Waals surface area contributed by atoms with Crippen LogP contribution in [-0.2, 0) is 6.54 Å². The van der Waals surface area contributed by atoms with Gasteiger partial charge in [0.1, 0.15) is 0 Å². The number of hydrogen-bond acceptors (Lipinski definition) is 5. The first-order valence-electron chi connectivity index (χ1n) is 9.34. The van der Waals surface area contributed by atoms with E-state index in [1.165, 1.54) is 5.56 Å². The molecule has 29 heavy (non-hydrogen) atoms. The number of pyridine rings is 1. The molecule has 4 heterocycles. The van der Waals surface area contributed by atoms with Crippen molar-refractivity contribution in [1.82, 2.24) is 29.4 Å². The summed E-state index contributed by atoms with van der Waals surface area (Å²) in [6, 6.07) is 15.6. The van der Waals surface area contributed by atoms with Crippen LogP contribution in [0, 0.1) is 0 Å². The smallest absolute Gasteiger partial charge is 0.163 e. The molecule has 0 aliphatic carbocycles. The van der Waals surface area contributed by atoms with Gasteiger partial charge in [0.15, 0.2) is 5.65 Å². The molecule has 0 spiro atoms. The largest absolute Gasteiger partial charge is 0.319 e. The fraction of sp³-hybridized carbons (Fsp3) is 0.0909. The fourth-order valence-electron chi connectivity index (χ4n) is 3.35. The van der Waals surface area contributed by atoms with E-state index < -0.39 is 0 Å². The highest BCUT2D eigenvalue weighted by atomic mass is 15.3. The van der Waals surface area contributed by atoms with Crippen LogP contribution in [0.4, 0.5) is 0 Å². The SMILES string of the molecule is NC(c1cccnc1)c1ccn2ncc(-c3cnn(Cc4ccccc4)c3)c2n1. The average Bonchev–Trinajstić information content (AvgIpc) is 3.41. The molecule has 0 bridgehead atoms. The average molecular weight is 381 g/mol. The Bertz CT molecular complexity index is 1240. The molecule has 0 aliphatic rings. The molecule has 1 unspecified atom stereocenters. The summed E-state index contributed by atoms with van der Waals surface area (Å²) in [5.41, 5.74) is 11.9. The van der Waals surface area contributed by atoms with Crippen molar-refractivity contribution in [3.63, 3.8) is 0 Å². The number of benzene rings is 1. The van der Waals surface area contributed by atoms with Crippen molar-refractivity contribution < 1.29 is 0 Å². The molecule has 0 saturated carbocycles. The van der Waals surface area contributed by atoms with Gasteiger partial charge < -0.3 is 5.73 Å². The number of aromatic nitrogens is 6. The summed E-state index contributed by atoms with van der Waals surface area (Å²) >= 11 is 0. The van der Waals surface area contributed by atoms with Crippen LogP contribution in [-0.4, -0.2) is 29.4 Å². The van der Waals surface area contributed by atoms with Crippen molar-refractivity contribution in [3.8, 4) is 11.1 Å². The Morgan fingerprint density at radius 1 is 0.931 bits per heavy atom. The lowest BCUT2D eigenvalue weighted by atomic mass is 10.1. The first kappa shape index (κ1) is 17.3. The second kappa shape index (κ2) is 7.29. The maximum atomic E-state index is 6.41. The second-order valence-corrected chi connectivity index (χ2v) is 6.86. The summed E-state index contributed by atoms with van der Waals surface area (Å²) in [6.45, 7) is 0.713. The van der Waals surface area contributed by atoms with E-state index in [1.807, 2.05) is 65.9 Å². The Kier molecular flexibility index (Phi) is 4.34. The van der Waals surface area contributed by atoms with E-state index in [1.54, 1.807) is 16.9 Å². The number of hydrogen-bond donors (Lipinski definition) is 1. The quantitative estimate of drug-likeness (QED) is 0.505. The van der Waals surface area contributed by atoms with Crippen LogP contribution in [0.3, 0.4) is 0 Å². The van der Waals surface area contributed by atoms with Crippen molar-refractivity contribution in [3.05, 3.63) is 103 Å². The van der Waals surface area contributed by atoms with Gasteiger partial charge in [-0.1, -0.05) is 36.4 Å². The lowest BCUT2D eigenvalue weighted by Gasteiger charge is -2.11. The molecule has 0 amide bonds. The molecule has 7 nitrogen and oxygen atoms in total. The molecule has 4 aromatic heterocycles. The summed E-state index contributed by atoms with van der Waals surface area (Å²) in [5, 5.41) is 8.92. The molecule has 0 aliphatic heterocycles.